The third-order valence-electron chi connectivity index (χ3n) is 3.77. The van der Waals surface area contributed by atoms with Crippen molar-refractivity contribution >= 4 is 23.8 Å². The van der Waals surface area contributed by atoms with E-state index in [1.54, 1.807) is 0 Å². The van der Waals surface area contributed by atoms with Gasteiger partial charge >= 0.3 is 6.03 Å². The summed E-state index contributed by atoms with van der Waals surface area (Å²) in [6, 6.07) is -0.808. The van der Waals surface area contributed by atoms with Gasteiger partial charge in [0.1, 0.15) is 12.0 Å². The van der Waals surface area contributed by atoms with Crippen LogP contribution in [0.1, 0.15) is 33.1 Å². The standard InChI is InChI=1S/C13H19N3O4/c1-8(2)6-14-9(17)7-16-11(19)13(4-3-5-13)10(18)15-12(16)20/h8H,3-7H2,1-2H3,(H,14,17)(H,15,18,20). The van der Waals surface area contributed by atoms with Crippen LogP contribution in [0.4, 0.5) is 4.79 Å². The van der Waals surface area contributed by atoms with Gasteiger partial charge in [-0.25, -0.2) is 4.79 Å². The maximum absolute atomic E-state index is 12.3. The molecule has 0 atom stereocenters. The van der Waals surface area contributed by atoms with Gasteiger partial charge in [0.2, 0.25) is 17.7 Å². The van der Waals surface area contributed by atoms with Crippen LogP contribution in [0.5, 0.6) is 0 Å². The van der Waals surface area contributed by atoms with Crippen LogP contribution in [0.15, 0.2) is 0 Å². The van der Waals surface area contributed by atoms with E-state index in [1.807, 2.05) is 13.8 Å². The summed E-state index contributed by atoms with van der Waals surface area (Å²) in [7, 11) is 0. The van der Waals surface area contributed by atoms with Crippen LogP contribution in [0.3, 0.4) is 0 Å². The summed E-state index contributed by atoms with van der Waals surface area (Å²) in [5.41, 5.74) is -1.12. The molecule has 110 valence electrons. The maximum atomic E-state index is 12.3. The number of hydrogen-bond donors (Lipinski definition) is 2. The minimum absolute atomic E-state index is 0.282. The molecule has 0 unspecified atom stereocenters. The van der Waals surface area contributed by atoms with Crippen LogP contribution in [-0.4, -0.2) is 41.7 Å². The highest BCUT2D eigenvalue weighted by atomic mass is 16.2. The molecule has 1 saturated carbocycles. The summed E-state index contributed by atoms with van der Waals surface area (Å²) in [4.78, 5) is 48.4. The van der Waals surface area contributed by atoms with Gasteiger partial charge in [0.25, 0.3) is 0 Å². The van der Waals surface area contributed by atoms with E-state index in [1.165, 1.54) is 0 Å². The van der Waals surface area contributed by atoms with Crippen molar-refractivity contribution in [1.82, 2.24) is 15.5 Å². The highest BCUT2D eigenvalue weighted by Gasteiger charge is 2.57. The number of nitrogens with zero attached hydrogens (tertiary/aromatic N) is 1. The van der Waals surface area contributed by atoms with Gasteiger partial charge in [-0.1, -0.05) is 20.3 Å². The first kappa shape index (κ1) is 14.5. The number of imide groups is 2. The topological polar surface area (TPSA) is 95.6 Å². The minimum Gasteiger partial charge on any atom is -0.354 e. The lowest BCUT2D eigenvalue weighted by Crippen LogP contribution is -2.67. The van der Waals surface area contributed by atoms with Gasteiger partial charge in [0.15, 0.2) is 0 Å². The number of nitrogens with one attached hydrogen (secondary N) is 2. The predicted molar refractivity (Wildman–Crippen MR) is 69.4 cm³/mol. The Labute approximate surface area is 117 Å². The molecular formula is C13H19N3O4. The molecule has 0 aromatic carbocycles. The molecule has 0 radical (unpaired) electrons. The summed E-state index contributed by atoms with van der Waals surface area (Å²) in [6.45, 7) is 4.03. The van der Waals surface area contributed by atoms with Gasteiger partial charge in [0.05, 0.1) is 0 Å². The summed E-state index contributed by atoms with van der Waals surface area (Å²) in [5, 5.41) is 4.82. The monoisotopic (exact) mass is 281 g/mol. The summed E-state index contributed by atoms with van der Waals surface area (Å²) < 4.78 is 0. The maximum Gasteiger partial charge on any atom is 0.331 e. The van der Waals surface area contributed by atoms with Gasteiger partial charge in [-0.2, -0.15) is 0 Å². The van der Waals surface area contributed by atoms with E-state index in [4.69, 9.17) is 0 Å². The van der Waals surface area contributed by atoms with Gasteiger partial charge < -0.3 is 5.32 Å². The van der Waals surface area contributed by atoms with Crippen molar-refractivity contribution in [3.05, 3.63) is 0 Å². The molecule has 0 bridgehead atoms. The first-order valence-electron chi connectivity index (χ1n) is 6.81. The number of barbiturate groups is 1. The normalized spacial score (nSPS) is 20.9. The Morgan fingerprint density at radius 3 is 2.50 bits per heavy atom. The molecule has 0 aromatic rings. The molecule has 1 aliphatic heterocycles. The molecule has 2 N–H and O–H groups in total. The van der Waals surface area contributed by atoms with Crippen molar-refractivity contribution in [2.75, 3.05) is 13.1 Å². The van der Waals surface area contributed by atoms with Crippen molar-refractivity contribution in [3.8, 4) is 0 Å². The van der Waals surface area contributed by atoms with Gasteiger partial charge in [-0.15, -0.1) is 0 Å². The fourth-order valence-corrected chi connectivity index (χ4v) is 2.36. The number of rotatable bonds is 4. The molecule has 7 heteroatoms. The lowest BCUT2D eigenvalue weighted by atomic mass is 9.66. The molecule has 1 aliphatic carbocycles. The Morgan fingerprint density at radius 2 is 2.00 bits per heavy atom. The second-order valence-corrected chi connectivity index (χ2v) is 5.78. The average molecular weight is 281 g/mol. The van der Waals surface area contributed by atoms with Crippen LogP contribution in [0, 0.1) is 11.3 Å². The van der Waals surface area contributed by atoms with Crippen LogP contribution in [0.2, 0.25) is 0 Å². The third-order valence-corrected chi connectivity index (χ3v) is 3.77. The molecule has 7 nitrogen and oxygen atoms in total. The number of amides is 5. The van der Waals surface area contributed by atoms with Crippen molar-refractivity contribution in [3.63, 3.8) is 0 Å². The van der Waals surface area contributed by atoms with Crippen molar-refractivity contribution in [2.24, 2.45) is 11.3 Å². The van der Waals surface area contributed by atoms with E-state index in [0.29, 0.717) is 19.4 Å². The highest BCUT2D eigenvalue weighted by molar-refractivity contribution is 6.20. The zero-order valence-corrected chi connectivity index (χ0v) is 11.7. The zero-order valence-electron chi connectivity index (χ0n) is 11.7. The summed E-state index contributed by atoms with van der Waals surface area (Å²) in [5.74, 6) is -1.19. The van der Waals surface area contributed by atoms with E-state index in [9.17, 15) is 19.2 Å². The minimum atomic E-state index is -1.12. The fourth-order valence-electron chi connectivity index (χ4n) is 2.36. The number of urea groups is 1. The van der Waals surface area contributed by atoms with Crippen LogP contribution in [-0.2, 0) is 14.4 Å². The van der Waals surface area contributed by atoms with Crippen LogP contribution in [0.25, 0.3) is 0 Å². The summed E-state index contributed by atoms with van der Waals surface area (Å²) in [6.07, 6.45) is 1.66. The molecule has 1 saturated heterocycles. The van der Waals surface area contributed by atoms with Gasteiger partial charge in [-0.3, -0.25) is 24.6 Å². The number of carbonyl (C=O) groups excluding carboxylic acids is 4. The van der Waals surface area contributed by atoms with Crippen molar-refractivity contribution < 1.29 is 19.2 Å². The fraction of sp³-hybridized carbons (Fsp3) is 0.692. The lowest BCUT2D eigenvalue weighted by Gasteiger charge is -2.44. The molecule has 2 fully saturated rings. The Balaban J connectivity index is 2.03. The third kappa shape index (κ3) is 2.39. The van der Waals surface area contributed by atoms with Crippen molar-refractivity contribution in [1.29, 1.82) is 0 Å². The summed E-state index contributed by atoms with van der Waals surface area (Å²) >= 11 is 0. The Bertz CT molecular complexity index is 468. The lowest BCUT2D eigenvalue weighted by molar-refractivity contribution is -0.158. The molecule has 1 spiro atoms. The first-order valence-corrected chi connectivity index (χ1v) is 6.81. The van der Waals surface area contributed by atoms with Crippen LogP contribution >= 0.6 is 0 Å². The van der Waals surface area contributed by atoms with E-state index < -0.39 is 29.2 Å². The molecule has 20 heavy (non-hydrogen) atoms. The Kier molecular flexibility index (Phi) is 3.78. The van der Waals surface area contributed by atoms with Gasteiger partial charge in [-0.05, 0) is 18.8 Å². The number of carbonyl (C=O) groups is 4. The van der Waals surface area contributed by atoms with E-state index in [-0.39, 0.29) is 12.5 Å². The van der Waals surface area contributed by atoms with Crippen molar-refractivity contribution in [2.45, 2.75) is 33.1 Å². The highest BCUT2D eigenvalue weighted by Crippen LogP contribution is 2.44. The van der Waals surface area contributed by atoms with Crippen LogP contribution < -0.4 is 10.6 Å². The van der Waals surface area contributed by atoms with Gasteiger partial charge in [0, 0.05) is 6.54 Å². The average Bonchev–Trinajstić information content (AvgIpc) is 2.30. The van der Waals surface area contributed by atoms with E-state index in [2.05, 4.69) is 10.6 Å². The Morgan fingerprint density at radius 1 is 1.35 bits per heavy atom. The Hall–Kier alpha value is -1.92. The predicted octanol–water partition coefficient (Wildman–Crippen LogP) is 0.00730. The largest absolute Gasteiger partial charge is 0.354 e. The molecular weight excluding hydrogens is 262 g/mol. The molecule has 0 aromatic heterocycles. The molecule has 1 heterocycles. The second-order valence-electron chi connectivity index (χ2n) is 5.78. The second kappa shape index (κ2) is 5.22. The number of hydrogen-bond acceptors (Lipinski definition) is 4. The van der Waals surface area contributed by atoms with E-state index in [0.717, 1.165) is 11.3 Å². The quantitative estimate of drug-likeness (QED) is 0.709. The molecule has 2 rings (SSSR count). The first-order chi connectivity index (χ1) is 9.36. The smallest absolute Gasteiger partial charge is 0.331 e. The SMILES string of the molecule is CC(C)CNC(=O)CN1C(=O)NC(=O)C2(CCC2)C1=O. The molecule has 5 amide bonds. The van der Waals surface area contributed by atoms with E-state index >= 15 is 0 Å². The zero-order chi connectivity index (χ0) is 14.9. The molecule has 2 aliphatic rings.